The second kappa shape index (κ2) is 16.8. The molecule has 0 aromatic heterocycles. The van der Waals surface area contributed by atoms with Gasteiger partial charge in [-0.2, -0.15) is 0 Å². The number of rotatable bonds is 10. The Bertz CT molecular complexity index is 516. The Hall–Kier alpha value is -0.810. The molecule has 2 heterocycles. The van der Waals surface area contributed by atoms with Crippen LogP contribution in [0.3, 0.4) is 0 Å². The van der Waals surface area contributed by atoms with E-state index in [0.717, 1.165) is 25.2 Å². The molecule has 4 N–H and O–H groups in total. The van der Waals surface area contributed by atoms with E-state index in [1.165, 1.54) is 0 Å². The lowest BCUT2D eigenvalue weighted by Crippen LogP contribution is -2.55. The summed E-state index contributed by atoms with van der Waals surface area (Å²) < 4.78 is 16.3. The zero-order valence-corrected chi connectivity index (χ0v) is 20.4. The average molecular weight is 480 g/mol. The van der Waals surface area contributed by atoms with Crippen molar-refractivity contribution >= 4 is 5.91 Å². The van der Waals surface area contributed by atoms with Gasteiger partial charge in [0.15, 0.2) is 6.29 Å². The number of β-amino-alcohol motifs (C(OH)–C–C–N with tert-alkyl or cyclic N) is 1. The van der Waals surface area contributed by atoms with Crippen LogP contribution in [-0.2, 0) is 19.0 Å². The van der Waals surface area contributed by atoms with Crippen LogP contribution in [0.4, 0.5) is 0 Å². The Morgan fingerprint density at radius 2 is 1.76 bits per heavy atom. The van der Waals surface area contributed by atoms with Crippen LogP contribution >= 0.6 is 0 Å². The standard InChI is InChI=1S/C19H35NO8.C4H10.CH4/c1-12-17(24)18(25)15(10-21)28-19(12)27-7-5-3-4-6-16(23)20-9-14(22)8-13(20)11-26-2;1-4(2)3;/h12-15,17-19,21-22,24-25H,3-11H2,1-2H3;4H,1-3H3;1H4/t12?,13-,14+,15?,17+,18-,19+;;/m0../s1. The first-order valence-electron chi connectivity index (χ1n) is 11.8. The normalized spacial score (nSPS) is 31.7. The van der Waals surface area contributed by atoms with Crippen molar-refractivity contribution in [3.8, 4) is 0 Å². The predicted molar refractivity (Wildman–Crippen MR) is 127 cm³/mol. The van der Waals surface area contributed by atoms with Crippen molar-refractivity contribution < 1.29 is 39.4 Å². The fourth-order valence-electron chi connectivity index (χ4n) is 3.86. The number of nitrogens with zero attached hydrogens (tertiary/aromatic N) is 1. The summed E-state index contributed by atoms with van der Waals surface area (Å²) in [6.45, 7) is 9.05. The van der Waals surface area contributed by atoms with E-state index in [-0.39, 0.29) is 26.0 Å². The van der Waals surface area contributed by atoms with Crippen molar-refractivity contribution in [2.75, 3.05) is 33.5 Å². The number of aliphatic hydroxyl groups excluding tert-OH is 4. The summed E-state index contributed by atoms with van der Waals surface area (Å²) >= 11 is 0. The van der Waals surface area contributed by atoms with Crippen molar-refractivity contribution in [1.29, 1.82) is 0 Å². The van der Waals surface area contributed by atoms with Crippen molar-refractivity contribution in [3.63, 3.8) is 0 Å². The van der Waals surface area contributed by atoms with Gasteiger partial charge in [0.2, 0.25) is 5.91 Å². The molecule has 0 saturated carbocycles. The van der Waals surface area contributed by atoms with Crippen LogP contribution < -0.4 is 0 Å². The lowest BCUT2D eigenvalue weighted by molar-refractivity contribution is -0.282. The number of hydrogen-bond donors (Lipinski definition) is 4. The SMILES string of the molecule is C.CC(C)C.COC[C@@H]1C[C@@H](O)CN1C(=O)CCCCCO[C@@H]1OC(CO)[C@H](O)[C@H](O)C1C. The minimum atomic E-state index is -1.13. The molecule has 0 spiro atoms. The van der Waals surface area contributed by atoms with Gasteiger partial charge in [0, 0.05) is 32.6 Å². The second-order valence-electron chi connectivity index (χ2n) is 9.52. The van der Waals surface area contributed by atoms with Crippen LogP contribution in [-0.4, -0.2) is 101 Å². The smallest absolute Gasteiger partial charge is 0.222 e. The number of ether oxygens (including phenoxy) is 3. The fourth-order valence-corrected chi connectivity index (χ4v) is 3.86. The number of amides is 1. The molecule has 7 atom stereocenters. The molecule has 2 aliphatic rings. The molecule has 9 nitrogen and oxygen atoms in total. The van der Waals surface area contributed by atoms with Crippen molar-refractivity contribution in [1.82, 2.24) is 4.90 Å². The highest BCUT2D eigenvalue weighted by molar-refractivity contribution is 5.76. The Balaban J connectivity index is 0.00000189. The molecule has 0 aliphatic carbocycles. The Morgan fingerprint density at radius 3 is 2.33 bits per heavy atom. The first-order valence-corrected chi connectivity index (χ1v) is 11.8. The van der Waals surface area contributed by atoms with Crippen molar-refractivity contribution in [2.24, 2.45) is 11.8 Å². The lowest BCUT2D eigenvalue weighted by Gasteiger charge is -2.40. The topological polar surface area (TPSA) is 129 Å². The first-order chi connectivity index (χ1) is 15.1. The highest BCUT2D eigenvalue weighted by atomic mass is 16.7. The van der Waals surface area contributed by atoms with Gasteiger partial charge in [-0.3, -0.25) is 4.79 Å². The van der Waals surface area contributed by atoms with E-state index in [0.29, 0.717) is 32.6 Å². The molecule has 0 aromatic carbocycles. The summed E-state index contributed by atoms with van der Waals surface area (Å²) in [4.78, 5) is 14.1. The van der Waals surface area contributed by atoms with E-state index in [4.69, 9.17) is 14.2 Å². The molecule has 2 rings (SSSR count). The molecule has 0 radical (unpaired) electrons. The van der Waals surface area contributed by atoms with Gasteiger partial charge in [-0.25, -0.2) is 0 Å². The molecular weight excluding hydrogens is 430 g/mol. The molecule has 0 bridgehead atoms. The molecule has 2 unspecified atom stereocenters. The maximum Gasteiger partial charge on any atom is 0.222 e. The predicted octanol–water partition coefficient (Wildman–Crippen LogP) is 1.55. The Morgan fingerprint density at radius 1 is 1.12 bits per heavy atom. The molecular formula is C24H49NO8. The molecule has 2 aliphatic heterocycles. The number of methoxy groups -OCH3 is 1. The van der Waals surface area contributed by atoms with Gasteiger partial charge in [0.05, 0.1) is 31.5 Å². The lowest BCUT2D eigenvalue weighted by atomic mass is 9.92. The van der Waals surface area contributed by atoms with E-state index in [2.05, 4.69) is 20.8 Å². The van der Waals surface area contributed by atoms with E-state index < -0.39 is 36.6 Å². The van der Waals surface area contributed by atoms with Gasteiger partial charge in [-0.1, -0.05) is 41.5 Å². The zero-order valence-electron chi connectivity index (χ0n) is 20.4. The quantitative estimate of drug-likeness (QED) is 0.347. The number of hydrogen-bond acceptors (Lipinski definition) is 8. The van der Waals surface area contributed by atoms with Gasteiger partial charge in [-0.05, 0) is 25.2 Å². The monoisotopic (exact) mass is 479 g/mol. The highest BCUT2D eigenvalue weighted by Gasteiger charge is 2.42. The average Bonchev–Trinajstić information content (AvgIpc) is 3.10. The van der Waals surface area contributed by atoms with Crippen LogP contribution in [0.2, 0.25) is 0 Å². The summed E-state index contributed by atoms with van der Waals surface area (Å²) in [5.41, 5.74) is 0. The van der Waals surface area contributed by atoms with E-state index >= 15 is 0 Å². The third-order valence-electron chi connectivity index (χ3n) is 5.58. The number of carbonyl (C=O) groups excluding carboxylic acids is 1. The number of unbranched alkanes of at least 4 members (excludes halogenated alkanes) is 2. The highest BCUT2D eigenvalue weighted by Crippen LogP contribution is 2.27. The Kier molecular flexibility index (Phi) is 16.3. The van der Waals surface area contributed by atoms with Crippen molar-refractivity contribution in [3.05, 3.63) is 0 Å². The number of likely N-dealkylation sites (tertiary alicyclic amines) is 1. The van der Waals surface area contributed by atoms with Gasteiger partial charge >= 0.3 is 0 Å². The van der Waals surface area contributed by atoms with Gasteiger partial charge in [0.25, 0.3) is 0 Å². The van der Waals surface area contributed by atoms with Crippen LogP contribution in [0.1, 0.15) is 67.2 Å². The third kappa shape index (κ3) is 11.0. The molecule has 9 heteroatoms. The molecule has 198 valence electrons. The maximum absolute atomic E-state index is 12.4. The summed E-state index contributed by atoms with van der Waals surface area (Å²) in [7, 11) is 1.59. The summed E-state index contributed by atoms with van der Waals surface area (Å²) in [6, 6.07) is -0.0537. The van der Waals surface area contributed by atoms with E-state index in [9.17, 15) is 25.2 Å². The molecule has 33 heavy (non-hydrogen) atoms. The summed E-state index contributed by atoms with van der Waals surface area (Å²) in [5.74, 6) is 0.463. The minimum absolute atomic E-state index is 0. The molecule has 2 fully saturated rings. The summed E-state index contributed by atoms with van der Waals surface area (Å²) in [5, 5.41) is 38.8. The number of carbonyl (C=O) groups is 1. The fraction of sp³-hybridized carbons (Fsp3) is 0.958. The molecule has 0 aromatic rings. The minimum Gasteiger partial charge on any atom is -0.394 e. The van der Waals surface area contributed by atoms with E-state index in [1.54, 1.807) is 18.9 Å². The zero-order chi connectivity index (χ0) is 24.3. The van der Waals surface area contributed by atoms with Crippen LogP contribution in [0.15, 0.2) is 0 Å². The second-order valence-corrected chi connectivity index (χ2v) is 9.52. The van der Waals surface area contributed by atoms with Crippen LogP contribution in [0.25, 0.3) is 0 Å². The maximum atomic E-state index is 12.4. The summed E-state index contributed by atoms with van der Waals surface area (Å²) in [6.07, 6.45) is -0.936. The third-order valence-corrected chi connectivity index (χ3v) is 5.58. The largest absolute Gasteiger partial charge is 0.394 e. The van der Waals surface area contributed by atoms with Gasteiger partial charge in [-0.15, -0.1) is 0 Å². The van der Waals surface area contributed by atoms with Crippen LogP contribution in [0.5, 0.6) is 0 Å². The van der Waals surface area contributed by atoms with Gasteiger partial charge in [0.1, 0.15) is 12.2 Å². The molecule has 2 saturated heterocycles. The van der Waals surface area contributed by atoms with E-state index in [1.807, 2.05) is 0 Å². The van der Waals surface area contributed by atoms with Gasteiger partial charge < -0.3 is 39.5 Å². The first kappa shape index (κ1) is 32.2. The molecule has 1 amide bonds. The van der Waals surface area contributed by atoms with Crippen LogP contribution in [0, 0.1) is 11.8 Å². The Labute approximate surface area is 200 Å². The van der Waals surface area contributed by atoms with Crippen molar-refractivity contribution in [2.45, 2.75) is 104 Å². The number of aliphatic hydroxyl groups is 4.